The summed E-state index contributed by atoms with van der Waals surface area (Å²) in [6.07, 6.45) is 0. The van der Waals surface area contributed by atoms with Gasteiger partial charge in [0.25, 0.3) is 11.8 Å². The highest BCUT2D eigenvalue weighted by molar-refractivity contribution is 6.31. The lowest BCUT2D eigenvalue weighted by Gasteiger charge is -2.35. The van der Waals surface area contributed by atoms with Crippen molar-refractivity contribution in [1.82, 2.24) is 14.4 Å². The molecule has 5 rings (SSSR count). The van der Waals surface area contributed by atoms with E-state index in [2.05, 4.69) is 0 Å². The molecule has 4 aromatic rings. The van der Waals surface area contributed by atoms with Gasteiger partial charge in [-0.25, -0.2) is 4.39 Å². The Morgan fingerprint density at radius 2 is 1.53 bits per heavy atom. The summed E-state index contributed by atoms with van der Waals surface area (Å²) >= 11 is 6.05. The molecular weight excluding hydrogens is 505 g/mol. The molecule has 1 aliphatic rings. The Labute approximate surface area is 225 Å². The van der Waals surface area contributed by atoms with Gasteiger partial charge in [-0.15, -0.1) is 0 Å². The Hall–Kier alpha value is -4.10. The zero-order valence-electron chi connectivity index (χ0n) is 21.2. The van der Waals surface area contributed by atoms with Crippen LogP contribution < -0.4 is 4.74 Å². The second-order valence-electron chi connectivity index (χ2n) is 9.14. The van der Waals surface area contributed by atoms with Gasteiger partial charge in [-0.2, -0.15) is 0 Å². The van der Waals surface area contributed by atoms with Crippen LogP contribution in [0.2, 0.25) is 5.02 Å². The first-order valence-electron chi connectivity index (χ1n) is 12.3. The van der Waals surface area contributed by atoms with Crippen molar-refractivity contribution in [3.05, 3.63) is 107 Å². The van der Waals surface area contributed by atoms with Crippen LogP contribution in [0.15, 0.2) is 78.9 Å². The SMILES string of the molecule is COc1cccc(-c2cc(C(=O)N3CCN(C(=O)c4cccc(Cl)c4)CC3)c(C)n2-c2ccccc2F)c1. The third kappa shape index (κ3) is 4.89. The van der Waals surface area contributed by atoms with Crippen LogP contribution in [0, 0.1) is 12.7 Å². The monoisotopic (exact) mass is 531 g/mol. The number of nitrogens with zero attached hydrogens (tertiary/aromatic N) is 3. The van der Waals surface area contributed by atoms with Gasteiger partial charge in [0, 0.05) is 48.0 Å². The molecule has 0 aliphatic carbocycles. The van der Waals surface area contributed by atoms with Crippen molar-refractivity contribution in [1.29, 1.82) is 0 Å². The second-order valence-corrected chi connectivity index (χ2v) is 9.58. The van der Waals surface area contributed by atoms with Crippen LogP contribution in [0.3, 0.4) is 0 Å². The van der Waals surface area contributed by atoms with E-state index in [1.807, 2.05) is 37.3 Å². The van der Waals surface area contributed by atoms with Gasteiger partial charge in [0.2, 0.25) is 0 Å². The first-order valence-corrected chi connectivity index (χ1v) is 12.7. The lowest BCUT2D eigenvalue weighted by atomic mass is 10.1. The summed E-state index contributed by atoms with van der Waals surface area (Å²) in [6.45, 7) is 3.43. The molecule has 8 heteroatoms. The van der Waals surface area contributed by atoms with Crippen LogP contribution in [0.4, 0.5) is 4.39 Å². The van der Waals surface area contributed by atoms with Crippen LogP contribution in [0.1, 0.15) is 26.4 Å². The van der Waals surface area contributed by atoms with Crippen LogP contribution in [-0.2, 0) is 0 Å². The number of carbonyl (C=O) groups excluding carboxylic acids is 2. The van der Waals surface area contributed by atoms with E-state index in [0.29, 0.717) is 65.2 Å². The van der Waals surface area contributed by atoms with Gasteiger partial charge in [0.15, 0.2) is 0 Å². The van der Waals surface area contributed by atoms with E-state index >= 15 is 0 Å². The molecule has 1 saturated heterocycles. The number of carbonyl (C=O) groups is 2. The van der Waals surface area contributed by atoms with Crippen LogP contribution in [-0.4, -0.2) is 59.5 Å². The highest BCUT2D eigenvalue weighted by Crippen LogP contribution is 2.33. The summed E-state index contributed by atoms with van der Waals surface area (Å²) in [4.78, 5) is 30.1. The number of halogens is 2. The lowest BCUT2D eigenvalue weighted by molar-refractivity contribution is 0.0535. The zero-order valence-corrected chi connectivity index (χ0v) is 21.9. The summed E-state index contributed by atoms with van der Waals surface area (Å²) in [5.41, 5.74) is 3.49. The van der Waals surface area contributed by atoms with Gasteiger partial charge in [-0.3, -0.25) is 9.59 Å². The minimum absolute atomic E-state index is 0.109. The number of ether oxygens (including phenoxy) is 1. The molecule has 0 saturated carbocycles. The second kappa shape index (κ2) is 10.7. The summed E-state index contributed by atoms with van der Waals surface area (Å²) in [6, 6.07) is 22.6. The molecule has 2 amide bonds. The topological polar surface area (TPSA) is 54.8 Å². The predicted molar refractivity (Wildman–Crippen MR) is 146 cm³/mol. The average molecular weight is 532 g/mol. The normalized spacial score (nSPS) is 13.5. The number of para-hydroxylation sites is 1. The molecule has 3 aromatic carbocycles. The molecule has 38 heavy (non-hydrogen) atoms. The molecule has 2 heterocycles. The number of methoxy groups -OCH3 is 1. The predicted octanol–water partition coefficient (Wildman–Crippen LogP) is 5.85. The van der Waals surface area contributed by atoms with E-state index in [9.17, 15) is 14.0 Å². The summed E-state index contributed by atoms with van der Waals surface area (Å²) in [5, 5.41) is 0.506. The summed E-state index contributed by atoms with van der Waals surface area (Å²) in [5.74, 6) is 0.00989. The molecule has 0 N–H and O–H groups in total. The molecule has 1 aromatic heterocycles. The Balaban J connectivity index is 1.44. The number of amides is 2. The molecule has 194 valence electrons. The van der Waals surface area contributed by atoms with Crippen molar-refractivity contribution in [3.63, 3.8) is 0 Å². The highest BCUT2D eigenvalue weighted by atomic mass is 35.5. The van der Waals surface area contributed by atoms with E-state index in [4.69, 9.17) is 16.3 Å². The lowest BCUT2D eigenvalue weighted by Crippen LogP contribution is -2.50. The van der Waals surface area contributed by atoms with E-state index in [1.54, 1.807) is 63.9 Å². The largest absolute Gasteiger partial charge is 0.497 e. The highest BCUT2D eigenvalue weighted by Gasteiger charge is 2.29. The summed E-state index contributed by atoms with van der Waals surface area (Å²) < 4.78 is 22.1. The van der Waals surface area contributed by atoms with Gasteiger partial charge in [0.05, 0.1) is 24.1 Å². The Bertz CT molecular complexity index is 1510. The quantitative estimate of drug-likeness (QED) is 0.324. The van der Waals surface area contributed by atoms with Gasteiger partial charge in [-0.05, 0) is 55.5 Å². The minimum Gasteiger partial charge on any atom is -0.497 e. The molecule has 1 fully saturated rings. The Morgan fingerprint density at radius 3 is 2.21 bits per heavy atom. The van der Waals surface area contributed by atoms with Gasteiger partial charge in [-0.1, -0.05) is 41.9 Å². The van der Waals surface area contributed by atoms with E-state index in [-0.39, 0.29) is 17.6 Å². The van der Waals surface area contributed by atoms with E-state index in [1.165, 1.54) is 6.07 Å². The molecule has 0 unspecified atom stereocenters. The molecular formula is C30H27ClFN3O3. The molecule has 0 radical (unpaired) electrons. The van der Waals surface area contributed by atoms with Crippen LogP contribution >= 0.6 is 11.6 Å². The molecule has 0 bridgehead atoms. The molecule has 1 aliphatic heterocycles. The Kier molecular flexibility index (Phi) is 7.20. The van der Waals surface area contributed by atoms with Crippen molar-refractivity contribution in [2.45, 2.75) is 6.92 Å². The fourth-order valence-electron chi connectivity index (χ4n) is 4.85. The van der Waals surface area contributed by atoms with Gasteiger partial charge < -0.3 is 19.1 Å². The number of rotatable bonds is 5. The molecule has 0 spiro atoms. The van der Waals surface area contributed by atoms with Crippen molar-refractivity contribution in [3.8, 4) is 22.7 Å². The smallest absolute Gasteiger partial charge is 0.255 e. The van der Waals surface area contributed by atoms with Gasteiger partial charge in [0.1, 0.15) is 11.6 Å². The molecule has 0 atom stereocenters. The fraction of sp³-hybridized carbons (Fsp3) is 0.200. The summed E-state index contributed by atoms with van der Waals surface area (Å²) in [7, 11) is 1.59. The van der Waals surface area contributed by atoms with Crippen LogP contribution in [0.5, 0.6) is 5.75 Å². The maximum Gasteiger partial charge on any atom is 0.255 e. The molecule has 6 nitrogen and oxygen atoms in total. The Morgan fingerprint density at radius 1 is 0.842 bits per heavy atom. The maximum absolute atomic E-state index is 15.0. The first-order chi connectivity index (χ1) is 18.4. The average Bonchev–Trinajstić information content (AvgIpc) is 3.29. The third-order valence-corrected chi connectivity index (χ3v) is 7.10. The maximum atomic E-state index is 15.0. The zero-order chi connectivity index (χ0) is 26.8. The van der Waals surface area contributed by atoms with Crippen molar-refractivity contribution >= 4 is 23.4 Å². The van der Waals surface area contributed by atoms with Gasteiger partial charge >= 0.3 is 0 Å². The number of benzene rings is 3. The van der Waals surface area contributed by atoms with Crippen molar-refractivity contribution in [2.24, 2.45) is 0 Å². The van der Waals surface area contributed by atoms with E-state index in [0.717, 1.165) is 5.56 Å². The number of piperazine rings is 1. The van der Waals surface area contributed by atoms with Crippen molar-refractivity contribution < 1.29 is 18.7 Å². The third-order valence-electron chi connectivity index (χ3n) is 6.86. The first kappa shape index (κ1) is 25.5. The minimum atomic E-state index is -0.387. The number of aromatic nitrogens is 1. The van der Waals surface area contributed by atoms with Crippen molar-refractivity contribution in [2.75, 3.05) is 33.3 Å². The van der Waals surface area contributed by atoms with Crippen LogP contribution in [0.25, 0.3) is 16.9 Å². The van der Waals surface area contributed by atoms with E-state index < -0.39 is 0 Å². The fourth-order valence-corrected chi connectivity index (χ4v) is 5.04. The standard InChI is InChI=1S/C30H27ClFN3O3/c1-20-25(30(37)34-15-13-33(14-16-34)29(36)22-8-5-9-23(31)17-22)19-28(21-7-6-10-24(18-21)38-2)35(20)27-12-4-3-11-26(27)32/h3-12,17-19H,13-16H2,1-2H3. The number of hydrogen-bond donors (Lipinski definition) is 0. The number of hydrogen-bond acceptors (Lipinski definition) is 3.